The first-order valence-electron chi connectivity index (χ1n) is 14.6. The maximum Gasteiger partial charge on any atom is 0.346 e. The van der Waals surface area contributed by atoms with E-state index in [4.69, 9.17) is 61.8 Å². The summed E-state index contributed by atoms with van der Waals surface area (Å²) in [6.07, 6.45) is -0.809. The van der Waals surface area contributed by atoms with Gasteiger partial charge in [-0.2, -0.15) is 0 Å². The number of aliphatic carboxylic acids is 2. The lowest BCUT2D eigenvalue weighted by atomic mass is 9.91. The highest BCUT2D eigenvalue weighted by atomic mass is 35.5. The van der Waals surface area contributed by atoms with Gasteiger partial charge in [-0.3, -0.25) is 18.9 Å². The van der Waals surface area contributed by atoms with Crippen molar-refractivity contribution in [2.45, 2.75) is 37.4 Å². The Morgan fingerprint density at radius 2 is 1.46 bits per heavy atom. The fourth-order valence-corrected chi connectivity index (χ4v) is 9.38. The Kier molecular flexibility index (Phi) is 19.8. The van der Waals surface area contributed by atoms with Gasteiger partial charge in [-0.05, 0) is 18.9 Å². The molecule has 274 valence electrons. The highest BCUT2D eigenvalue weighted by molar-refractivity contribution is 7.91. The number of benzene rings is 1. The zero-order valence-electron chi connectivity index (χ0n) is 26.2. The standard InChI is InChI=1S/C27H42Cl4N5O10PS/c1-27(26(41)42,20-5-3-2-4-6-20)34-24(38)22(33-23(37)8-7-21(32)25(39)40)19-48(44,45)18-17-46-47(43,35(13-9-28)14-10-29)36(15-11-30)16-12-31/h2-6,21-22H,7-19,32H2,1H3,(H,33,37)(H,34,38)(H,39,40)(H,41,42)/t21-,22-,27-/m0/s1. The largest absolute Gasteiger partial charge is 0.480 e. The van der Waals surface area contributed by atoms with E-state index in [1.54, 1.807) is 18.2 Å². The number of carboxylic acid groups (broad SMARTS) is 2. The molecule has 0 fully saturated rings. The van der Waals surface area contributed by atoms with Crippen LogP contribution in [-0.4, -0.2) is 132 Å². The molecule has 0 unspecified atom stereocenters. The van der Waals surface area contributed by atoms with Crippen LogP contribution in [0.4, 0.5) is 0 Å². The molecule has 15 nitrogen and oxygen atoms in total. The minimum absolute atomic E-state index is 0.0459. The summed E-state index contributed by atoms with van der Waals surface area (Å²) in [5.74, 6) is -6.51. The molecule has 0 heterocycles. The quantitative estimate of drug-likeness (QED) is 0.0705. The van der Waals surface area contributed by atoms with E-state index >= 15 is 0 Å². The van der Waals surface area contributed by atoms with E-state index in [-0.39, 0.29) is 61.7 Å². The molecule has 2 amide bonds. The summed E-state index contributed by atoms with van der Waals surface area (Å²) in [6.45, 7) is 0.847. The van der Waals surface area contributed by atoms with Gasteiger partial charge in [-0.1, -0.05) is 30.3 Å². The van der Waals surface area contributed by atoms with Crippen LogP contribution >= 0.6 is 54.1 Å². The van der Waals surface area contributed by atoms with Crippen LogP contribution in [0.25, 0.3) is 0 Å². The van der Waals surface area contributed by atoms with Crippen molar-refractivity contribution in [2.24, 2.45) is 5.73 Å². The van der Waals surface area contributed by atoms with Crippen molar-refractivity contribution in [2.75, 3.05) is 67.8 Å². The van der Waals surface area contributed by atoms with Gasteiger partial charge >= 0.3 is 19.6 Å². The molecule has 48 heavy (non-hydrogen) atoms. The summed E-state index contributed by atoms with van der Waals surface area (Å²) in [7, 11) is -8.29. The fraction of sp³-hybridized carbons (Fsp3) is 0.630. The first-order chi connectivity index (χ1) is 22.5. The molecule has 21 heteroatoms. The Labute approximate surface area is 300 Å². The molecule has 3 atom stereocenters. The van der Waals surface area contributed by atoms with Crippen molar-refractivity contribution in [3.63, 3.8) is 0 Å². The van der Waals surface area contributed by atoms with Gasteiger partial charge in [-0.15, -0.1) is 46.4 Å². The SMILES string of the molecule is C[C@@](NC(=O)[C@H](CS(=O)(=O)CCOP(=O)(N(CCCl)CCCl)N(CCCl)CCCl)NC(=O)CC[C@H](N)C(=O)O)(C(=O)O)c1ccccc1. The Morgan fingerprint density at radius 1 is 0.958 bits per heavy atom. The number of nitrogens with two attached hydrogens (primary N) is 1. The van der Waals surface area contributed by atoms with Crippen LogP contribution < -0.4 is 16.4 Å². The average Bonchev–Trinajstić information content (AvgIpc) is 3.02. The molecular weight excluding hydrogens is 759 g/mol. The molecule has 0 spiro atoms. The number of amides is 2. The van der Waals surface area contributed by atoms with E-state index in [2.05, 4.69) is 10.6 Å². The number of carboxylic acids is 2. The highest BCUT2D eigenvalue weighted by Gasteiger charge is 2.41. The molecule has 1 aromatic rings. The van der Waals surface area contributed by atoms with Crippen molar-refractivity contribution >= 4 is 87.7 Å². The van der Waals surface area contributed by atoms with Crippen molar-refractivity contribution in [1.29, 1.82) is 0 Å². The van der Waals surface area contributed by atoms with Crippen LogP contribution in [-0.2, 0) is 43.6 Å². The fourth-order valence-electron chi connectivity index (χ4n) is 4.30. The Bertz CT molecular complexity index is 1340. The summed E-state index contributed by atoms with van der Waals surface area (Å²) < 4.78 is 49.4. The lowest BCUT2D eigenvalue weighted by Gasteiger charge is -2.37. The van der Waals surface area contributed by atoms with Crippen molar-refractivity contribution in [1.82, 2.24) is 20.0 Å². The summed E-state index contributed by atoms with van der Waals surface area (Å²) >= 11 is 23.7. The molecule has 0 aliphatic heterocycles. The third kappa shape index (κ3) is 13.9. The second-order valence-corrected chi connectivity index (χ2v) is 16.6. The number of rotatable bonds is 25. The maximum atomic E-state index is 14.2. The molecule has 1 aromatic carbocycles. The first-order valence-corrected chi connectivity index (χ1v) is 20.1. The van der Waals surface area contributed by atoms with Crippen LogP contribution in [0.15, 0.2) is 30.3 Å². The second kappa shape index (κ2) is 21.5. The van der Waals surface area contributed by atoms with Crippen molar-refractivity contribution in [3.05, 3.63) is 35.9 Å². The number of halogens is 4. The van der Waals surface area contributed by atoms with E-state index in [1.807, 2.05) is 0 Å². The smallest absolute Gasteiger partial charge is 0.346 e. The van der Waals surface area contributed by atoms with Crippen molar-refractivity contribution < 1.29 is 46.9 Å². The van der Waals surface area contributed by atoms with Gasteiger partial charge < -0.3 is 31.1 Å². The zero-order chi connectivity index (χ0) is 36.5. The molecule has 1 rings (SSSR count). The third-order valence-electron chi connectivity index (χ3n) is 6.96. The lowest BCUT2D eigenvalue weighted by Crippen LogP contribution is -2.58. The summed E-state index contributed by atoms with van der Waals surface area (Å²) in [5.41, 5.74) is 3.58. The van der Waals surface area contributed by atoms with Crippen LogP contribution in [0.3, 0.4) is 0 Å². The monoisotopic (exact) mass is 799 g/mol. The number of sulfone groups is 1. The molecule has 6 N–H and O–H groups in total. The Hall–Kier alpha value is -1.72. The van der Waals surface area contributed by atoms with E-state index < -0.39 is 83.4 Å². The van der Waals surface area contributed by atoms with Crippen molar-refractivity contribution in [3.8, 4) is 0 Å². The molecule has 0 aliphatic carbocycles. The number of hydrogen-bond acceptors (Lipinski definition) is 9. The van der Waals surface area contributed by atoms with Gasteiger partial charge in [0.05, 0.1) is 18.1 Å². The first kappa shape index (κ1) is 44.3. The molecule has 0 aliphatic rings. The zero-order valence-corrected chi connectivity index (χ0v) is 31.0. The van der Waals surface area contributed by atoms with Crippen LogP contribution in [0, 0.1) is 0 Å². The molecule has 0 radical (unpaired) electrons. The predicted molar refractivity (Wildman–Crippen MR) is 185 cm³/mol. The molecule has 0 bridgehead atoms. The van der Waals surface area contributed by atoms with E-state index in [9.17, 15) is 37.3 Å². The topological polar surface area (TPSA) is 226 Å². The van der Waals surface area contributed by atoms with E-state index in [0.29, 0.717) is 0 Å². The third-order valence-corrected chi connectivity index (χ3v) is 12.0. The normalized spacial score (nSPS) is 14.7. The van der Waals surface area contributed by atoms with E-state index in [1.165, 1.54) is 28.4 Å². The number of nitrogens with one attached hydrogen (secondary N) is 2. The summed E-state index contributed by atoms with van der Waals surface area (Å²) in [4.78, 5) is 49.6. The van der Waals surface area contributed by atoms with Gasteiger partial charge in [0.1, 0.15) is 12.1 Å². The number of carbonyl (C=O) groups is 4. The Morgan fingerprint density at radius 3 is 1.90 bits per heavy atom. The molecule has 0 saturated heterocycles. The Balaban J connectivity index is 3.33. The number of nitrogens with zero attached hydrogens (tertiary/aromatic N) is 2. The minimum atomic E-state index is -4.31. The molecule has 0 saturated carbocycles. The average molecular weight is 802 g/mol. The number of carbonyl (C=O) groups excluding carboxylic acids is 2. The van der Waals surface area contributed by atoms with Crippen LogP contribution in [0.5, 0.6) is 0 Å². The van der Waals surface area contributed by atoms with Gasteiger partial charge in [0.25, 0.3) is 0 Å². The summed E-state index contributed by atoms with van der Waals surface area (Å²) in [6, 6.07) is 4.36. The maximum absolute atomic E-state index is 14.2. The van der Waals surface area contributed by atoms with Gasteiger partial charge in [-0.25, -0.2) is 22.6 Å². The molecular formula is C27H42Cl4N5O10PS. The lowest BCUT2D eigenvalue weighted by molar-refractivity contribution is -0.147. The van der Waals surface area contributed by atoms with E-state index in [0.717, 1.165) is 0 Å². The van der Waals surface area contributed by atoms with Crippen LogP contribution in [0.1, 0.15) is 25.3 Å². The summed E-state index contributed by atoms with van der Waals surface area (Å²) in [5, 5.41) is 23.6. The van der Waals surface area contributed by atoms with Gasteiger partial charge in [0, 0.05) is 56.1 Å². The number of alkyl halides is 4. The number of hydrogen-bond donors (Lipinski definition) is 5. The van der Waals surface area contributed by atoms with Crippen LogP contribution in [0.2, 0.25) is 0 Å². The molecule has 0 aromatic heterocycles. The van der Waals surface area contributed by atoms with Gasteiger partial charge in [0.15, 0.2) is 15.4 Å². The second-order valence-electron chi connectivity index (χ2n) is 10.5. The predicted octanol–water partition coefficient (Wildman–Crippen LogP) is 1.88. The minimum Gasteiger partial charge on any atom is -0.480 e. The highest BCUT2D eigenvalue weighted by Crippen LogP contribution is 2.54. The van der Waals surface area contributed by atoms with Gasteiger partial charge in [0.2, 0.25) is 11.8 Å².